The molecule has 0 radical (unpaired) electrons. The van der Waals surface area contributed by atoms with E-state index in [4.69, 9.17) is 5.26 Å². The number of aliphatic hydroxyl groups is 1. The van der Waals surface area contributed by atoms with Gasteiger partial charge >= 0.3 is 0 Å². The fourth-order valence-corrected chi connectivity index (χ4v) is 2.91. The van der Waals surface area contributed by atoms with Crippen LogP contribution in [0.4, 0.5) is 5.82 Å². The number of nitriles is 1. The minimum absolute atomic E-state index is 0.341. The highest BCUT2D eigenvalue weighted by Crippen LogP contribution is 2.40. The molecule has 1 N–H and O–H groups in total. The van der Waals surface area contributed by atoms with E-state index in [2.05, 4.69) is 21.1 Å². The summed E-state index contributed by atoms with van der Waals surface area (Å²) in [5, 5.41) is 23.9. The molecular formula is C15H16N6O. The van der Waals surface area contributed by atoms with Crippen LogP contribution < -0.4 is 4.90 Å². The number of hydrogen-bond acceptors (Lipinski definition) is 6. The monoisotopic (exact) mass is 296 g/mol. The van der Waals surface area contributed by atoms with E-state index in [9.17, 15) is 5.11 Å². The smallest absolute Gasteiger partial charge is 0.183 e. The number of fused-ring (bicyclic) bond motifs is 1. The minimum Gasteiger partial charge on any atom is -0.386 e. The molecule has 0 bridgehead atoms. The highest BCUT2D eigenvalue weighted by molar-refractivity contribution is 5.50. The molecule has 1 fully saturated rings. The third-order valence-corrected chi connectivity index (χ3v) is 4.27. The van der Waals surface area contributed by atoms with Crippen molar-refractivity contribution in [2.45, 2.75) is 32.0 Å². The topological polar surface area (TPSA) is 90.9 Å². The van der Waals surface area contributed by atoms with E-state index in [1.165, 1.54) is 6.20 Å². The first-order valence-electron chi connectivity index (χ1n) is 7.47. The molecule has 1 aliphatic heterocycles. The highest BCUT2D eigenvalue weighted by atomic mass is 16.3. The molecule has 22 heavy (non-hydrogen) atoms. The number of anilines is 1. The van der Waals surface area contributed by atoms with Crippen LogP contribution in [-0.4, -0.2) is 31.4 Å². The van der Waals surface area contributed by atoms with Crippen molar-refractivity contribution >= 4 is 5.82 Å². The third kappa shape index (κ3) is 2.22. The van der Waals surface area contributed by atoms with E-state index in [1.807, 2.05) is 15.6 Å². The first-order valence-corrected chi connectivity index (χ1v) is 7.47. The lowest BCUT2D eigenvalue weighted by molar-refractivity contribution is 0.148. The number of aliphatic hydroxyl groups excluding tert-OH is 1. The molecule has 0 saturated heterocycles. The van der Waals surface area contributed by atoms with Crippen molar-refractivity contribution in [1.29, 1.82) is 5.26 Å². The van der Waals surface area contributed by atoms with E-state index >= 15 is 0 Å². The Labute approximate surface area is 127 Å². The summed E-state index contributed by atoms with van der Waals surface area (Å²) >= 11 is 0. The van der Waals surface area contributed by atoms with E-state index in [-0.39, 0.29) is 0 Å². The van der Waals surface area contributed by atoms with Crippen LogP contribution in [0.3, 0.4) is 0 Å². The van der Waals surface area contributed by atoms with Gasteiger partial charge in [0.2, 0.25) is 0 Å². The fraction of sp³-hybridized carbons (Fsp3) is 0.467. The van der Waals surface area contributed by atoms with Gasteiger partial charge in [-0.1, -0.05) is 0 Å². The lowest BCUT2D eigenvalue weighted by atomic mass is 10.1. The van der Waals surface area contributed by atoms with Gasteiger partial charge in [0.15, 0.2) is 11.5 Å². The van der Waals surface area contributed by atoms with E-state index in [0.29, 0.717) is 30.5 Å². The maximum atomic E-state index is 10.2. The first-order chi connectivity index (χ1) is 10.8. The Morgan fingerprint density at radius 1 is 1.27 bits per heavy atom. The van der Waals surface area contributed by atoms with Gasteiger partial charge in [-0.25, -0.2) is 9.97 Å². The Kier molecular flexibility index (Phi) is 3.05. The van der Waals surface area contributed by atoms with Gasteiger partial charge in [-0.15, -0.1) is 0 Å². The molecule has 0 aromatic carbocycles. The highest BCUT2D eigenvalue weighted by Gasteiger charge is 2.33. The number of hydrogen-bond donors (Lipinski definition) is 1. The predicted octanol–water partition coefficient (Wildman–Crippen LogP) is 1.01. The van der Waals surface area contributed by atoms with Gasteiger partial charge in [-0.3, -0.25) is 4.68 Å². The fourth-order valence-electron chi connectivity index (χ4n) is 2.91. The van der Waals surface area contributed by atoms with Crippen LogP contribution in [0.2, 0.25) is 0 Å². The first kappa shape index (κ1) is 13.2. The minimum atomic E-state index is -0.447. The average molecular weight is 296 g/mol. The van der Waals surface area contributed by atoms with Gasteiger partial charge in [0.25, 0.3) is 0 Å². The van der Waals surface area contributed by atoms with Gasteiger partial charge in [-0.2, -0.15) is 10.4 Å². The Hall–Kier alpha value is -2.46. The second-order valence-corrected chi connectivity index (χ2v) is 5.83. The molecule has 0 amide bonds. The van der Waals surface area contributed by atoms with Gasteiger partial charge < -0.3 is 10.0 Å². The second-order valence-electron chi connectivity index (χ2n) is 5.83. The molecule has 4 rings (SSSR count). The molecule has 7 nitrogen and oxygen atoms in total. The van der Waals surface area contributed by atoms with Crippen molar-refractivity contribution in [3.05, 3.63) is 35.5 Å². The molecule has 0 spiro atoms. The number of nitrogens with zero attached hydrogens (tertiary/aromatic N) is 6. The normalized spacial score (nSPS) is 18.6. The molecule has 7 heteroatoms. The van der Waals surface area contributed by atoms with Gasteiger partial charge in [0.1, 0.15) is 12.2 Å². The zero-order valence-corrected chi connectivity index (χ0v) is 12.1. The zero-order valence-electron chi connectivity index (χ0n) is 12.1. The molecule has 3 heterocycles. The molecule has 112 valence electrons. The summed E-state index contributed by atoms with van der Waals surface area (Å²) in [6, 6.07) is 4.06. The zero-order chi connectivity index (χ0) is 15.1. The van der Waals surface area contributed by atoms with Crippen molar-refractivity contribution < 1.29 is 5.11 Å². The van der Waals surface area contributed by atoms with Crippen molar-refractivity contribution in [2.24, 2.45) is 5.92 Å². The maximum Gasteiger partial charge on any atom is 0.183 e. The van der Waals surface area contributed by atoms with Crippen LogP contribution in [-0.2, 0) is 13.1 Å². The van der Waals surface area contributed by atoms with Crippen LogP contribution in [0.1, 0.15) is 36.0 Å². The molecule has 2 aromatic heterocycles. The summed E-state index contributed by atoms with van der Waals surface area (Å²) in [4.78, 5) is 10.4. The lowest BCUT2D eigenvalue weighted by Gasteiger charge is -2.28. The van der Waals surface area contributed by atoms with Crippen LogP contribution in [0.25, 0.3) is 0 Å². The van der Waals surface area contributed by atoms with Gasteiger partial charge in [0, 0.05) is 18.9 Å². The number of rotatable bonds is 3. The standard InChI is InChI=1S/C15H16N6O/c16-8-13-15(18-4-3-17-13)20-5-6-21-11(9-20)7-12(19-21)14(22)10-1-2-10/h3-4,7,10,14,22H,1-2,5-6,9H2/t14-/m1/s1. The Morgan fingerprint density at radius 2 is 2.09 bits per heavy atom. The van der Waals surface area contributed by atoms with E-state index in [1.54, 1.807) is 6.20 Å². The van der Waals surface area contributed by atoms with Crippen LogP contribution in [0.15, 0.2) is 18.5 Å². The predicted molar refractivity (Wildman–Crippen MR) is 77.7 cm³/mol. The SMILES string of the molecule is N#Cc1nccnc1N1CCn2nc([C@H](O)C3CC3)cc2C1. The summed E-state index contributed by atoms with van der Waals surface area (Å²) < 4.78 is 1.94. The molecule has 0 unspecified atom stereocenters. The summed E-state index contributed by atoms with van der Waals surface area (Å²) in [5.41, 5.74) is 2.14. The molecule has 1 aliphatic carbocycles. The second kappa shape index (κ2) is 5.07. The number of aromatic nitrogens is 4. The quantitative estimate of drug-likeness (QED) is 0.909. The van der Waals surface area contributed by atoms with Crippen molar-refractivity contribution in [2.75, 3.05) is 11.4 Å². The Balaban J connectivity index is 1.60. The summed E-state index contributed by atoms with van der Waals surface area (Å²) in [7, 11) is 0. The largest absolute Gasteiger partial charge is 0.386 e. The molecule has 2 aliphatic rings. The van der Waals surface area contributed by atoms with Crippen molar-refractivity contribution in [3.8, 4) is 6.07 Å². The van der Waals surface area contributed by atoms with Crippen LogP contribution in [0.5, 0.6) is 0 Å². The summed E-state index contributed by atoms with van der Waals surface area (Å²) in [6.07, 6.45) is 4.85. The van der Waals surface area contributed by atoms with Gasteiger partial charge in [0.05, 0.1) is 24.5 Å². The third-order valence-electron chi connectivity index (χ3n) is 4.27. The summed E-state index contributed by atoms with van der Waals surface area (Å²) in [6.45, 7) is 2.06. The Bertz CT molecular complexity index is 745. The average Bonchev–Trinajstić information content (AvgIpc) is 3.32. The molecule has 2 aromatic rings. The summed E-state index contributed by atoms with van der Waals surface area (Å²) in [5.74, 6) is 0.986. The van der Waals surface area contributed by atoms with Crippen molar-refractivity contribution in [1.82, 2.24) is 19.7 Å². The molecule has 1 atom stereocenters. The van der Waals surface area contributed by atoms with Crippen molar-refractivity contribution in [3.63, 3.8) is 0 Å². The van der Waals surface area contributed by atoms with Crippen LogP contribution in [0, 0.1) is 17.2 Å². The lowest BCUT2D eigenvalue weighted by Crippen LogP contribution is -2.35. The van der Waals surface area contributed by atoms with Gasteiger partial charge in [-0.05, 0) is 24.8 Å². The van der Waals surface area contributed by atoms with E-state index < -0.39 is 6.10 Å². The Morgan fingerprint density at radius 3 is 2.86 bits per heavy atom. The molecular weight excluding hydrogens is 280 g/mol. The molecule has 1 saturated carbocycles. The van der Waals surface area contributed by atoms with E-state index in [0.717, 1.165) is 30.8 Å². The van der Waals surface area contributed by atoms with Crippen LogP contribution >= 0.6 is 0 Å². The maximum absolute atomic E-state index is 10.2.